The summed E-state index contributed by atoms with van der Waals surface area (Å²) in [5.41, 5.74) is 3.13. The van der Waals surface area contributed by atoms with Crippen LogP contribution in [0.4, 0.5) is 5.69 Å². The molecule has 0 aliphatic rings. The van der Waals surface area contributed by atoms with Crippen molar-refractivity contribution in [3.63, 3.8) is 0 Å². The highest BCUT2D eigenvalue weighted by atomic mass is 32.2. The van der Waals surface area contributed by atoms with Gasteiger partial charge in [0, 0.05) is 11.8 Å². The molecule has 2 nitrogen and oxygen atoms in total. The van der Waals surface area contributed by atoms with Gasteiger partial charge in [-0.3, -0.25) is 4.79 Å². The van der Waals surface area contributed by atoms with Crippen LogP contribution in [-0.4, -0.2) is 12.2 Å². The molecule has 1 N–H and O–H groups in total. The lowest BCUT2D eigenvalue weighted by molar-refractivity contribution is -0.114. The van der Waals surface area contributed by atoms with Crippen LogP contribution < -0.4 is 5.32 Å². The van der Waals surface area contributed by atoms with Gasteiger partial charge in [-0.15, -0.1) is 11.8 Å². The SMILES string of the molecule is CSc1ccc(-c2ccccc2)cc1NC(C)=O. The average Bonchev–Trinajstić information content (AvgIpc) is 2.39. The van der Waals surface area contributed by atoms with Crippen molar-refractivity contribution in [2.24, 2.45) is 0 Å². The molecule has 0 spiro atoms. The van der Waals surface area contributed by atoms with Gasteiger partial charge < -0.3 is 5.32 Å². The number of rotatable bonds is 3. The van der Waals surface area contributed by atoms with E-state index < -0.39 is 0 Å². The fourth-order valence-electron chi connectivity index (χ4n) is 1.81. The Morgan fingerprint density at radius 2 is 1.78 bits per heavy atom. The van der Waals surface area contributed by atoms with Crippen molar-refractivity contribution < 1.29 is 4.79 Å². The summed E-state index contributed by atoms with van der Waals surface area (Å²) in [6, 6.07) is 16.3. The van der Waals surface area contributed by atoms with Gasteiger partial charge in [-0.05, 0) is 29.5 Å². The molecule has 2 rings (SSSR count). The lowest BCUT2D eigenvalue weighted by Gasteiger charge is -2.10. The Labute approximate surface area is 111 Å². The van der Waals surface area contributed by atoms with Crippen LogP contribution in [0.25, 0.3) is 11.1 Å². The minimum atomic E-state index is -0.0458. The molecule has 0 bridgehead atoms. The highest BCUT2D eigenvalue weighted by Gasteiger charge is 2.05. The van der Waals surface area contributed by atoms with Crippen LogP contribution in [-0.2, 0) is 4.79 Å². The van der Waals surface area contributed by atoms with Crippen LogP contribution in [0.5, 0.6) is 0 Å². The first-order chi connectivity index (χ1) is 8.70. The highest BCUT2D eigenvalue weighted by molar-refractivity contribution is 7.98. The number of hydrogen-bond donors (Lipinski definition) is 1. The smallest absolute Gasteiger partial charge is 0.221 e. The summed E-state index contributed by atoms with van der Waals surface area (Å²) in [5, 5.41) is 2.87. The van der Waals surface area contributed by atoms with Crippen molar-refractivity contribution in [1.29, 1.82) is 0 Å². The molecule has 0 unspecified atom stereocenters. The molecule has 0 fully saturated rings. The molecule has 3 heteroatoms. The van der Waals surface area contributed by atoms with Crippen LogP contribution in [0, 0.1) is 0 Å². The Morgan fingerprint density at radius 1 is 1.06 bits per heavy atom. The molecule has 0 saturated heterocycles. The van der Waals surface area contributed by atoms with Crippen LogP contribution in [0.3, 0.4) is 0 Å². The molecule has 18 heavy (non-hydrogen) atoms. The van der Waals surface area contributed by atoms with Gasteiger partial charge in [0.15, 0.2) is 0 Å². The van der Waals surface area contributed by atoms with Gasteiger partial charge in [0.1, 0.15) is 0 Å². The monoisotopic (exact) mass is 257 g/mol. The second-order valence-corrected chi connectivity index (χ2v) is 4.81. The highest BCUT2D eigenvalue weighted by Crippen LogP contribution is 2.30. The predicted molar refractivity (Wildman–Crippen MR) is 78.0 cm³/mol. The summed E-state index contributed by atoms with van der Waals surface area (Å²) in [6.07, 6.45) is 2.00. The molecule has 92 valence electrons. The van der Waals surface area contributed by atoms with Gasteiger partial charge >= 0.3 is 0 Å². The van der Waals surface area contributed by atoms with E-state index in [2.05, 4.69) is 23.5 Å². The van der Waals surface area contributed by atoms with Crippen molar-refractivity contribution >= 4 is 23.4 Å². The van der Waals surface area contributed by atoms with Crippen LogP contribution >= 0.6 is 11.8 Å². The first-order valence-corrected chi connectivity index (χ1v) is 6.94. The standard InChI is InChI=1S/C15H15NOS/c1-11(17)16-14-10-13(8-9-15(14)18-2)12-6-4-3-5-7-12/h3-10H,1-2H3,(H,16,17). The maximum atomic E-state index is 11.2. The number of thioether (sulfide) groups is 1. The Morgan fingerprint density at radius 3 is 2.39 bits per heavy atom. The van der Waals surface area contributed by atoms with Crippen molar-refractivity contribution in [3.8, 4) is 11.1 Å². The van der Waals surface area contributed by atoms with Crippen molar-refractivity contribution in [2.75, 3.05) is 11.6 Å². The minimum absolute atomic E-state index is 0.0458. The number of hydrogen-bond acceptors (Lipinski definition) is 2. The fourth-order valence-corrected chi connectivity index (χ4v) is 2.34. The minimum Gasteiger partial charge on any atom is -0.325 e. The quantitative estimate of drug-likeness (QED) is 0.841. The summed E-state index contributed by atoms with van der Waals surface area (Å²) in [6.45, 7) is 1.53. The second-order valence-electron chi connectivity index (χ2n) is 3.96. The van der Waals surface area contributed by atoms with Crippen molar-refractivity contribution in [2.45, 2.75) is 11.8 Å². The van der Waals surface area contributed by atoms with E-state index in [-0.39, 0.29) is 5.91 Å². The average molecular weight is 257 g/mol. The lowest BCUT2D eigenvalue weighted by atomic mass is 10.1. The zero-order valence-electron chi connectivity index (χ0n) is 10.4. The molecule has 0 aliphatic heterocycles. The van der Waals surface area contributed by atoms with Gasteiger partial charge in [-0.25, -0.2) is 0 Å². The van der Waals surface area contributed by atoms with Gasteiger partial charge in [0.05, 0.1) is 5.69 Å². The van der Waals surface area contributed by atoms with E-state index in [0.29, 0.717) is 0 Å². The maximum absolute atomic E-state index is 11.2. The molecule has 2 aromatic carbocycles. The first kappa shape index (κ1) is 12.7. The molecular formula is C15H15NOS. The summed E-state index contributed by atoms with van der Waals surface area (Å²) in [7, 11) is 0. The van der Waals surface area contributed by atoms with Crippen molar-refractivity contribution in [1.82, 2.24) is 0 Å². The first-order valence-electron chi connectivity index (χ1n) is 5.72. The molecular weight excluding hydrogens is 242 g/mol. The van der Waals surface area contributed by atoms with Crippen LogP contribution in [0.1, 0.15) is 6.92 Å². The predicted octanol–water partition coefficient (Wildman–Crippen LogP) is 4.03. The number of benzene rings is 2. The number of anilines is 1. The third-order valence-electron chi connectivity index (χ3n) is 2.62. The van der Waals surface area contributed by atoms with Crippen LogP contribution in [0.2, 0.25) is 0 Å². The van der Waals surface area contributed by atoms with E-state index in [0.717, 1.165) is 21.7 Å². The van der Waals surface area contributed by atoms with E-state index in [1.165, 1.54) is 6.92 Å². The lowest BCUT2D eigenvalue weighted by Crippen LogP contribution is -2.06. The zero-order chi connectivity index (χ0) is 13.0. The van der Waals surface area contributed by atoms with Crippen molar-refractivity contribution in [3.05, 3.63) is 48.5 Å². The van der Waals surface area contributed by atoms with E-state index in [1.807, 2.05) is 36.6 Å². The normalized spacial score (nSPS) is 10.1. The number of carbonyl (C=O) groups excluding carboxylic acids is 1. The molecule has 1 amide bonds. The van der Waals surface area contributed by atoms with E-state index >= 15 is 0 Å². The third kappa shape index (κ3) is 2.93. The second kappa shape index (κ2) is 5.74. The van der Waals surface area contributed by atoms with Gasteiger partial charge in [0.2, 0.25) is 5.91 Å². The molecule has 0 aromatic heterocycles. The van der Waals surface area contributed by atoms with E-state index in [4.69, 9.17) is 0 Å². The third-order valence-corrected chi connectivity index (χ3v) is 3.41. The Balaban J connectivity index is 2.42. The van der Waals surface area contributed by atoms with E-state index in [1.54, 1.807) is 11.8 Å². The summed E-state index contributed by atoms with van der Waals surface area (Å²) >= 11 is 1.63. The molecule has 0 aliphatic carbocycles. The van der Waals surface area contributed by atoms with Gasteiger partial charge in [-0.2, -0.15) is 0 Å². The molecule has 0 atom stereocenters. The topological polar surface area (TPSA) is 29.1 Å². The maximum Gasteiger partial charge on any atom is 0.221 e. The summed E-state index contributed by atoms with van der Waals surface area (Å²) < 4.78 is 0. The number of nitrogens with one attached hydrogen (secondary N) is 1. The fraction of sp³-hybridized carbons (Fsp3) is 0.133. The summed E-state index contributed by atoms with van der Waals surface area (Å²) in [5.74, 6) is -0.0458. The Kier molecular flexibility index (Phi) is 4.05. The Hall–Kier alpha value is -1.74. The van der Waals surface area contributed by atoms with E-state index in [9.17, 15) is 4.79 Å². The van der Waals surface area contributed by atoms with Gasteiger partial charge in [-0.1, -0.05) is 36.4 Å². The summed E-state index contributed by atoms with van der Waals surface area (Å²) in [4.78, 5) is 12.3. The number of amides is 1. The molecule has 0 radical (unpaired) electrons. The molecule has 0 heterocycles. The zero-order valence-corrected chi connectivity index (χ0v) is 11.3. The Bertz CT molecular complexity index is 552. The molecule has 0 saturated carbocycles. The van der Waals surface area contributed by atoms with Gasteiger partial charge in [0.25, 0.3) is 0 Å². The number of carbonyl (C=O) groups is 1. The molecule has 2 aromatic rings. The largest absolute Gasteiger partial charge is 0.325 e. The van der Waals surface area contributed by atoms with Crippen LogP contribution in [0.15, 0.2) is 53.4 Å².